The first-order chi connectivity index (χ1) is 5.49. The fourth-order valence-corrected chi connectivity index (χ4v) is 0.848. The maximum atomic E-state index is 11.2. The van der Waals surface area contributed by atoms with Crippen LogP contribution in [0.2, 0.25) is 0 Å². The standard InChI is InChI=1S/C10H18O2/c1-5-8(4)6-9(11)10(12)7(2)3/h7,10,12H,4-6H2,1-3H3. The van der Waals surface area contributed by atoms with Gasteiger partial charge in [-0.15, -0.1) is 0 Å². The Bertz CT molecular complexity index is 171. The lowest BCUT2D eigenvalue weighted by Crippen LogP contribution is -2.26. The predicted octanol–water partition coefficient (Wildman–Crippen LogP) is 1.93. The molecular weight excluding hydrogens is 152 g/mol. The molecule has 0 amide bonds. The smallest absolute Gasteiger partial charge is 0.165 e. The highest BCUT2D eigenvalue weighted by Crippen LogP contribution is 2.10. The molecule has 12 heavy (non-hydrogen) atoms. The highest BCUT2D eigenvalue weighted by Gasteiger charge is 2.18. The summed E-state index contributed by atoms with van der Waals surface area (Å²) < 4.78 is 0. The van der Waals surface area contributed by atoms with E-state index in [1.807, 2.05) is 20.8 Å². The molecule has 0 aromatic heterocycles. The van der Waals surface area contributed by atoms with Crippen LogP contribution in [0.5, 0.6) is 0 Å². The van der Waals surface area contributed by atoms with Crippen LogP contribution in [-0.4, -0.2) is 17.0 Å². The highest BCUT2D eigenvalue weighted by atomic mass is 16.3. The molecule has 0 aliphatic heterocycles. The monoisotopic (exact) mass is 170 g/mol. The number of carbonyl (C=O) groups excluding carboxylic acids is 1. The van der Waals surface area contributed by atoms with Gasteiger partial charge in [-0.05, 0) is 12.3 Å². The van der Waals surface area contributed by atoms with Crippen molar-refractivity contribution in [3.8, 4) is 0 Å². The van der Waals surface area contributed by atoms with Crippen molar-refractivity contribution in [2.75, 3.05) is 0 Å². The molecule has 0 spiro atoms. The Morgan fingerprint density at radius 1 is 1.50 bits per heavy atom. The summed E-state index contributed by atoms with van der Waals surface area (Å²) in [7, 11) is 0. The molecule has 1 atom stereocenters. The van der Waals surface area contributed by atoms with Crippen LogP contribution in [0.4, 0.5) is 0 Å². The van der Waals surface area contributed by atoms with Crippen LogP contribution in [0.3, 0.4) is 0 Å². The molecule has 1 N–H and O–H groups in total. The van der Waals surface area contributed by atoms with E-state index in [0.717, 1.165) is 12.0 Å². The zero-order valence-electron chi connectivity index (χ0n) is 8.13. The van der Waals surface area contributed by atoms with Gasteiger partial charge in [0.05, 0.1) is 0 Å². The third-order valence-corrected chi connectivity index (χ3v) is 1.89. The summed E-state index contributed by atoms with van der Waals surface area (Å²) in [5.74, 6) is -0.112. The SMILES string of the molecule is C=C(CC)CC(=O)C(O)C(C)C. The third kappa shape index (κ3) is 3.67. The van der Waals surface area contributed by atoms with E-state index in [2.05, 4.69) is 6.58 Å². The second kappa shape index (κ2) is 5.09. The third-order valence-electron chi connectivity index (χ3n) is 1.89. The maximum absolute atomic E-state index is 11.2. The number of aliphatic hydroxyl groups excluding tert-OH is 1. The Morgan fingerprint density at radius 3 is 2.33 bits per heavy atom. The van der Waals surface area contributed by atoms with Gasteiger partial charge < -0.3 is 5.11 Å². The summed E-state index contributed by atoms with van der Waals surface area (Å²) >= 11 is 0. The van der Waals surface area contributed by atoms with Crippen molar-refractivity contribution < 1.29 is 9.90 Å². The Kier molecular flexibility index (Phi) is 4.83. The van der Waals surface area contributed by atoms with E-state index in [1.165, 1.54) is 0 Å². The average molecular weight is 170 g/mol. The van der Waals surface area contributed by atoms with Crippen LogP contribution in [0.1, 0.15) is 33.6 Å². The van der Waals surface area contributed by atoms with E-state index in [-0.39, 0.29) is 11.7 Å². The molecule has 0 aromatic rings. The van der Waals surface area contributed by atoms with Gasteiger partial charge in [0.1, 0.15) is 6.10 Å². The average Bonchev–Trinajstić information content (AvgIpc) is 2.02. The van der Waals surface area contributed by atoms with Gasteiger partial charge in [0, 0.05) is 6.42 Å². The van der Waals surface area contributed by atoms with Gasteiger partial charge in [-0.3, -0.25) is 4.79 Å². The van der Waals surface area contributed by atoms with Crippen molar-refractivity contribution in [3.05, 3.63) is 12.2 Å². The summed E-state index contributed by atoms with van der Waals surface area (Å²) in [6.45, 7) is 9.34. The number of hydrogen-bond donors (Lipinski definition) is 1. The summed E-state index contributed by atoms with van der Waals surface area (Å²) in [6, 6.07) is 0. The molecule has 0 rings (SSSR count). The Morgan fingerprint density at radius 2 is 2.00 bits per heavy atom. The quantitative estimate of drug-likeness (QED) is 0.640. The van der Waals surface area contributed by atoms with E-state index in [9.17, 15) is 9.90 Å². The zero-order chi connectivity index (χ0) is 9.72. The number of Topliss-reactive ketones (excluding diaryl/α,β-unsaturated/α-hetero) is 1. The Balaban J connectivity index is 3.96. The minimum absolute atomic E-state index is 0.00200. The number of rotatable bonds is 5. The van der Waals surface area contributed by atoms with Crippen molar-refractivity contribution in [1.29, 1.82) is 0 Å². The van der Waals surface area contributed by atoms with E-state index in [0.29, 0.717) is 6.42 Å². The summed E-state index contributed by atoms with van der Waals surface area (Å²) in [4.78, 5) is 11.2. The molecule has 0 aromatic carbocycles. The number of ketones is 1. The lowest BCUT2D eigenvalue weighted by molar-refractivity contribution is -0.128. The number of allylic oxidation sites excluding steroid dienone is 1. The van der Waals surface area contributed by atoms with Gasteiger partial charge >= 0.3 is 0 Å². The first-order valence-corrected chi connectivity index (χ1v) is 4.36. The lowest BCUT2D eigenvalue weighted by atomic mass is 9.98. The van der Waals surface area contributed by atoms with E-state index >= 15 is 0 Å². The molecule has 0 aliphatic carbocycles. The molecule has 0 heterocycles. The predicted molar refractivity (Wildman–Crippen MR) is 49.9 cm³/mol. The Labute approximate surface area is 74.3 Å². The van der Waals surface area contributed by atoms with E-state index < -0.39 is 6.10 Å². The van der Waals surface area contributed by atoms with E-state index in [1.54, 1.807) is 0 Å². The molecule has 0 radical (unpaired) electrons. The molecule has 2 heteroatoms. The van der Waals surface area contributed by atoms with Crippen molar-refractivity contribution in [1.82, 2.24) is 0 Å². The highest BCUT2D eigenvalue weighted by molar-refractivity contribution is 5.85. The van der Waals surface area contributed by atoms with Crippen LogP contribution >= 0.6 is 0 Å². The summed E-state index contributed by atoms with van der Waals surface area (Å²) in [5, 5.41) is 9.35. The van der Waals surface area contributed by atoms with Gasteiger partial charge in [0.25, 0.3) is 0 Å². The lowest BCUT2D eigenvalue weighted by Gasteiger charge is -2.13. The van der Waals surface area contributed by atoms with Gasteiger partial charge in [-0.25, -0.2) is 0 Å². The molecule has 0 saturated heterocycles. The molecule has 0 fully saturated rings. The van der Waals surface area contributed by atoms with Gasteiger partial charge in [-0.1, -0.05) is 32.9 Å². The molecule has 1 unspecified atom stereocenters. The molecule has 0 aliphatic rings. The van der Waals surface area contributed by atoms with Gasteiger partial charge in [-0.2, -0.15) is 0 Å². The molecule has 0 bridgehead atoms. The number of aliphatic hydroxyl groups is 1. The summed E-state index contributed by atoms with van der Waals surface area (Å²) in [6.07, 6.45) is 0.292. The molecule has 70 valence electrons. The van der Waals surface area contributed by atoms with Crippen LogP contribution in [0.25, 0.3) is 0 Å². The first kappa shape index (κ1) is 11.4. The normalized spacial score (nSPS) is 13.1. The second-order valence-electron chi connectivity index (χ2n) is 3.44. The van der Waals surface area contributed by atoms with Gasteiger partial charge in [0.15, 0.2) is 5.78 Å². The van der Waals surface area contributed by atoms with Crippen molar-refractivity contribution >= 4 is 5.78 Å². The van der Waals surface area contributed by atoms with Crippen LogP contribution in [0, 0.1) is 5.92 Å². The van der Waals surface area contributed by atoms with E-state index in [4.69, 9.17) is 0 Å². The Hall–Kier alpha value is -0.630. The minimum Gasteiger partial charge on any atom is -0.385 e. The van der Waals surface area contributed by atoms with Crippen molar-refractivity contribution in [2.45, 2.75) is 39.7 Å². The van der Waals surface area contributed by atoms with Crippen LogP contribution < -0.4 is 0 Å². The fraction of sp³-hybridized carbons (Fsp3) is 0.700. The molecule has 2 nitrogen and oxygen atoms in total. The maximum Gasteiger partial charge on any atom is 0.165 e. The van der Waals surface area contributed by atoms with Crippen molar-refractivity contribution in [3.63, 3.8) is 0 Å². The topological polar surface area (TPSA) is 37.3 Å². The van der Waals surface area contributed by atoms with Crippen molar-refractivity contribution in [2.24, 2.45) is 5.92 Å². The fourth-order valence-electron chi connectivity index (χ4n) is 0.848. The van der Waals surface area contributed by atoms with Gasteiger partial charge in [0.2, 0.25) is 0 Å². The van der Waals surface area contributed by atoms with Crippen LogP contribution in [-0.2, 0) is 4.79 Å². The molecular formula is C10H18O2. The first-order valence-electron chi connectivity index (χ1n) is 4.36. The minimum atomic E-state index is -0.826. The largest absolute Gasteiger partial charge is 0.385 e. The molecule has 0 saturated carbocycles. The zero-order valence-corrected chi connectivity index (χ0v) is 8.13. The summed E-state index contributed by atoms with van der Waals surface area (Å²) in [5.41, 5.74) is 0.889. The number of carbonyl (C=O) groups is 1. The second-order valence-corrected chi connectivity index (χ2v) is 3.44. The number of hydrogen-bond acceptors (Lipinski definition) is 2. The van der Waals surface area contributed by atoms with Crippen LogP contribution in [0.15, 0.2) is 12.2 Å².